The number of hydrogen-bond donors (Lipinski definition) is 1. The highest BCUT2D eigenvalue weighted by atomic mass is 19.1. The fraction of sp³-hybridized carbons (Fsp3) is 0.0625. The average molecular weight is 271 g/mol. The summed E-state index contributed by atoms with van der Waals surface area (Å²) in [7, 11) is 0. The Morgan fingerprint density at radius 1 is 1.15 bits per heavy atom. The lowest BCUT2D eigenvalue weighted by atomic mass is 10.2. The van der Waals surface area contributed by atoms with E-state index in [0.717, 1.165) is 0 Å². The van der Waals surface area contributed by atoms with Crippen molar-refractivity contribution in [2.45, 2.75) is 6.61 Å². The summed E-state index contributed by atoms with van der Waals surface area (Å²) < 4.78 is 19.1. The van der Waals surface area contributed by atoms with Crippen molar-refractivity contribution in [3.63, 3.8) is 0 Å². The molecule has 0 heterocycles. The van der Waals surface area contributed by atoms with E-state index in [9.17, 15) is 9.18 Å². The van der Waals surface area contributed by atoms with Gasteiger partial charge in [-0.2, -0.15) is 0 Å². The van der Waals surface area contributed by atoms with E-state index < -0.39 is 5.91 Å². The molecule has 0 aliphatic rings. The van der Waals surface area contributed by atoms with Crippen molar-refractivity contribution in [1.29, 1.82) is 0 Å². The van der Waals surface area contributed by atoms with Crippen LogP contribution >= 0.6 is 0 Å². The molecule has 102 valence electrons. The number of primary amides is 1. The minimum atomic E-state index is -0.533. The third-order valence-corrected chi connectivity index (χ3v) is 2.69. The van der Waals surface area contributed by atoms with Gasteiger partial charge in [0.1, 0.15) is 18.2 Å². The van der Waals surface area contributed by atoms with Gasteiger partial charge < -0.3 is 10.5 Å². The predicted octanol–water partition coefficient (Wildman–Crippen LogP) is 2.90. The average Bonchev–Trinajstić information content (AvgIpc) is 2.45. The third kappa shape index (κ3) is 3.68. The molecule has 2 aromatic carbocycles. The standard InChI is InChI=1S/C16H14FNO2/c17-14-7-3-1-6-13(14)11-20-15-8-4-2-5-12(15)9-10-16(18)19/h1-10H,11H2,(H2,18,19)/b10-9+. The van der Waals surface area contributed by atoms with Crippen molar-refractivity contribution in [1.82, 2.24) is 0 Å². The topological polar surface area (TPSA) is 52.3 Å². The molecule has 2 aromatic rings. The number of rotatable bonds is 5. The van der Waals surface area contributed by atoms with Crippen molar-refractivity contribution in [3.8, 4) is 5.75 Å². The van der Waals surface area contributed by atoms with E-state index in [1.54, 1.807) is 42.5 Å². The Hall–Kier alpha value is -2.62. The Morgan fingerprint density at radius 3 is 2.60 bits per heavy atom. The Bertz CT molecular complexity index is 638. The van der Waals surface area contributed by atoms with E-state index in [4.69, 9.17) is 10.5 Å². The lowest BCUT2D eigenvalue weighted by Crippen LogP contribution is -2.05. The molecule has 0 fully saturated rings. The molecule has 0 saturated heterocycles. The summed E-state index contributed by atoms with van der Waals surface area (Å²) in [6.07, 6.45) is 2.82. The van der Waals surface area contributed by atoms with E-state index in [-0.39, 0.29) is 12.4 Å². The lowest BCUT2D eigenvalue weighted by molar-refractivity contribution is -0.113. The summed E-state index contributed by atoms with van der Waals surface area (Å²) in [4.78, 5) is 10.8. The summed E-state index contributed by atoms with van der Waals surface area (Å²) >= 11 is 0. The van der Waals surface area contributed by atoms with Crippen molar-refractivity contribution >= 4 is 12.0 Å². The van der Waals surface area contributed by atoms with Crippen LogP contribution in [0.15, 0.2) is 54.6 Å². The smallest absolute Gasteiger partial charge is 0.241 e. The molecule has 4 heteroatoms. The second kappa shape index (κ2) is 6.52. The fourth-order valence-electron chi connectivity index (χ4n) is 1.69. The van der Waals surface area contributed by atoms with E-state index in [0.29, 0.717) is 16.9 Å². The van der Waals surface area contributed by atoms with Crippen molar-refractivity contribution in [2.24, 2.45) is 5.73 Å². The Balaban J connectivity index is 2.14. The summed E-state index contributed by atoms with van der Waals surface area (Å²) in [6, 6.07) is 13.6. The molecule has 2 N–H and O–H groups in total. The summed E-state index contributed by atoms with van der Waals surface area (Å²) in [5.41, 5.74) is 6.24. The van der Waals surface area contributed by atoms with Crippen molar-refractivity contribution in [3.05, 3.63) is 71.6 Å². The van der Waals surface area contributed by atoms with Gasteiger partial charge in [0.25, 0.3) is 0 Å². The summed E-state index contributed by atoms with van der Waals surface area (Å²) in [6.45, 7) is 0.119. The molecular weight excluding hydrogens is 257 g/mol. The molecule has 0 spiro atoms. The molecule has 0 bridgehead atoms. The molecule has 0 atom stereocenters. The number of halogens is 1. The molecule has 0 saturated carbocycles. The van der Waals surface area contributed by atoms with Crippen LogP contribution in [0.5, 0.6) is 5.75 Å². The minimum absolute atomic E-state index is 0.119. The zero-order valence-electron chi connectivity index (χ0n) is 10.8. The van der Waals surface area contributed by atoms with Gasteiger partial charge in [0.15, 0.2) is 0 Å². The molecule has 0 unspecified atom stereocenters. The van der Waals surface area contributed by atoms with Crippen molar-refractivity contribution < 1.29 is 13.9 Å². The summed E-state index contributed by atoms with van der Waals surface area (Å²) in [5, 5.41) is 0. The summed E-state index contributed by atoms with van der Waals surface area (Å²) in [5.74, 6) is -0.278. The van der Waals surface area contributed by atoms with E-state index in [1.807, 2.05) is 6.07 Å². The number of hydrogen-bond acceptors (Lipinski definition) is 2. The van der Waals surface area contributed by atoms with E-state index in [2.05, 4.69) is 0 Å². The van der Waals surface area contributed by atoms with Crippen LogP contribution in [0.2, 0.25) is 0 Å². The highest BCUT2D eigenvalue weighted by Gasteiger charge is 2.04. The monoisotopic (exact) mass is 271 g/mol. The van der Waals surface area contributed by atoms with Gasteiger partial charge in [0, 0.05) is 17.2 Å². The first kappa shape index (κ1) is 13.8. The number of nitrogens with two attached hydrogens (primary N) is 1. The first-order valence-electron chi connectivity index (χ1n) is 6.09. The van der Waals surface area contributed by atoms with E-state index in [1.165, 1.54) is 12.1 Å². The molecule has 0 aromatic heterocycles. The predicted molar refractivity (Wildman–Crippen MR) is 75.4 cm³/mol. The number of para-hydroxylation sites is 1. The van der Waals surface area contributed by atoms with E-state index >= 15 is 0 Å². The van der Waals surface area contributed by atoms with Crippen LogP contribution < -0.4 is 10.5 Å². The second-order valence-corrected chi connectivity index (χ2v) is 4.15. The minimum Gasteiger partial charge on any atom is -0.488 e. The van der Waals surface area contributed by atoms with Gasteiger partial charge in [-0.05, 0) is 18.2 Å². The molecule has 20 heavy (non-hydrogen) atoms. The maximum absolute atomic E-state index is 13.5. The zero-order valence-corrected chi connectivity index (χ0v) is 10.8. The lowest BCUT2D eigenvalue weighted by Gasteiger charge is -2.09. The number of amides is 1. The van der Waals surface area contributed by atoms with Crippen LogP contribution in [0.3, 0.4) is 0 Å². The molecule has 0 aliphatic heterocycles. The first-order chi connectivity index (χ1) is 9.66. The van der Waals surface area contributed by atoms with Gasteiger partial charge in [-0.1, -0.05) is 36.4 Å². The SMILES string of the molecule is NC(=O)/C=C/c1ccccc1OCc1ccccc1F. The van der Waals surface area contributed by atoms with Gasteiger partial charge >= 0.3 is 0 Å². The number of carbonyl (C=O) groups is 1. The van der Waals surface area contributed by atoms with Gasteiger partial charge in [0.2, 0.25) is 5.91 Å². The molecule has 2 rings (SSSR count). The highest BCUT2D eigenvalue weighted by molar-refractivity contribution is 5.90. The van der Waals surface area contributed by atoms with Gasteiger partial charge in [-0.3, -0.25) is 4.79 Å². The largest absolute Gasteiger partial charge is 0.488 e. The van der Waals surface area contributed by atoms with Crippen LogP contribution in [0, 0.1) is 5.82 Å². The molecule has 3 nitrogen and oxygen atoms in total. The Kier molecular flexibility index (Phi) is 4.50. The van der Waals surface area contributed by atoms with Crippen LogP contribution in [0.1, 0.15) is 11.1 Å². The molecule has 0 radical (unpaired) electrons. The van der Waals surface area contributed by atoms with Crippen LogP contribution in [0.25, 0.3) is 6.08 Å². The highest BCUT2D eigenvalue weighted by Crippen LogP contribution is 2.21. The zero-order chi connectivity index (χ0) is 14.4. The first-order valence-corrected chi connectivity index (χ1v) is 6.09. The Morgan fingerprint density at radius 2 is 1.85 bits per heavy atom. The van der Waals surface area contributed by atoms with Crippen LogP contribution in [-0.2, 0) is 11.4 Å². The van der Waals surface area contributed by atoms with Crippen LogP contribution in [-0.4, -0.2) is 5.91 Å². The molecular formula is C16H14FNO2. The molecule has 0 aliphatic carbocycles. The normalized spacial score (nSPS) is 10.7. The van der Waals surface area contributed by atoms with Gasteiger partial charge in [0.05, 0.1) is 0 Å². The third-order valence-electron chi connectivity index (χ3n) is 2.69. The van der Waals surface area contributed by atoms with Crippen molar-refractivity contribution in [2.75, 3.05) is 0 Å². The fourth-order valence-corrected chi connectivity index (χ4v) is 1.69. The van der Waals surface area contributed by atoms with Gasteiger partial charge in [-0.25, -0.2) is 4.39 Å². The quantitative estimate of drug-likeness (QED) is 0.850. The number of carbonyl (C=O) groups excluding carboxylic acids is 1. The van der Waals surface area contributed by atoms with Crippen LogP contribution in [0.4, 0.5) is 4.39 Å². The Labute approximate surface area is 116 Å². The maximum Gasteiger partial charge on any atom is 0.241 e. The second-order valence-electron chi connectivity index (χ2n) is 4.15. The number of benzene rings is 2. The maximum atomic E-state index is 13.5. The van der Waals surface area contributed by atoms with Gasteiger partial charge in [-0.15, -0.1) is 0 Å². The molecule has 1 amide bonds. The number of ether oxygens (including phenoxy) is 1.